The van der Waals surface area contributed by atoms with Crippen molar-refractivity contribution in [3.63, 3.8) is 0 Å². The quantitative estimate of drug-likeness (QED) is 0.265. The van der Waals surface area contributed by atoms with Crippen molar-refractivity contribution < 1.29 is 23.4 Å². The van der Waals surface area contributed by atoms with Gasteiger partial charge in [0.2, 0.25) is 11.9 Å². The van der Waals surface area contributed by atoms with Gasteiger partial charge in [0.25, 0.3) is 0 Å². The molecule has 248 valence electrons. The number of ether oxygens (including phenoxy) is 1. The van der Waals surface area contributed by atoms with Crippen LogP contribution in [0, 0.1) is 24.0 Å². The fourth-order valence-corrected chi connectivity index (χ4v) is 7.76. The minimum Gasteiger partial charge on any atom is -0.508 e. The number of fused-ring (bicyclic) bond motifs is 11. The number of aromatic hydroxyl groups is 1. The topological polar surface area (TPSA) is 119 Å². The highest BCUT2D eigenvalue weighted by Crippen LogP contribution is 2.40. The van der Waals surface area contributed by atoms with Gasteiger partial charge < -0.3 is 30.3 Å². The molecule has 6 heterocycles. The number of phenolic OH excluding ortho intramolecular Hbond substituents is 1. The van der Waals surface area contributed by atoms with E-state index in [4.69, 9.17) is 21.1 Å². The Balaban J connectivity index is 1.32. The van der Waals surface area contributed by atoms with Crippen molar-refractivity contribution in [2.24, 2.45) is 0 Å². The van der Waals surface area contributed by atoms with Crippen LogP contribution in [-0.4, -0.2) is 108 Å². The smallest absolute Gasteiger partial charge is 0.228 e. The molecule has 7 bridgehead atoms. The molecule has 1 spiro atoms. The maximum absolute atomic E-state index is 17.1. The number of halogens is 2. The van der Waals surface area contributed by atoms with Crippen molar-refractivity contribution in [1.29, 1.82) is 0 Å². The Morgan fingerprint density at radius 1 is 1.17 bits per heavy atom. The molecular formula is C35H36F2N8O3. The monoisotopic (exact) mass is 654 g/mol. The Kier molecular flexibility index (Phi) is 7.54. The van der Waals surface area contributed by atoms with E-state index < -0.39 is 11.6 Å². The summed E-state index contributed by atoms with van der Waals surface area (Å²) in [4.78, 5) is 33.6. The van der Waals surface area contributed by atoms with Gasteiger partial charge in [-0.3, -0.25) is 14.7 Å². The highest BCUT2D eigenvalue weighted by molar-refractivity contribution is 6.03. The largest absolute Gasteiger partial charge is 0.508 e. The van der Waals surface area contributed by atoms with E-state index in [9.17, 15) is 14.3 Å². The summed E-state index contributed by atoms with van der Waals surface area (Å²) in [6.45, 7) is 4.23. The van der Waals surface area contributed by atoms with Gasteiger partial charge in [-0.25, -0.2) is 13.8 Å². The summed E-state index contributed by atoms with van der Waals surface area (Å²) in [5.74, 6) is 1.80. The number of aromatic nitrogens is 3. The minimum absolute atomic E-state index is 0.0221. The number of benzene rings is 2. The van der Waals surface area contributed by atoms with Crippen LogP contribution in [-0.2, 0) is 9.53 Å². The van der Waals surface area contributed by atoms with Gasteiger partial charge in [-0.05, 0) is 43.5 Å². The number of nitrogens with zero attached hydrogens (tertiary/aromatic N) is 6. The molecular weight excluding hydrogens is 618 g/mol. The van der Waals surface area contributed by atoms with E-state index in [0.717, 1.165) is 12.8 Å². The zero-order valence-corrected chi connectivity index (χ0v) is 26.6. The first-order valence-electron chi connectivity index (χ1n) is 16.3. The summed E-state index contributed by atoms with van der Waals surface area (Å²) in [5.41, 5.74) is -0.265. The number of hydrogen-bond acceptors (Lipinski definition) is 10. The van der Waals surface area contributed by atoms with Gasteiger partial charge in [0, 0.05) is 74.9 Å². The number of piperazine rings is 2. The van der Waals surface area contributed by atoms with Gasteiger partial charge in [0.05, 0.1) is 29.7 Å². The number of nitrogens with one attached hydrogen (secondary N) is 2. The first-order chi connectivity index (χ1) is 23.2. The van der Waals surface area contributed by atoms with Gasteiger partial charge in [-0.15, -0.1) is 6.42 Å². The second kappa shape index (κ2) is 11.8. The molecule has 1 amide bonds. The third-order valence-corrected chi connectivity index (χ3v) is 10.3. The molecule has 8 rings (SSSR count). The molecule has 4 aromatic rings. The van der Waals surface area contributed by atoms with E-state index in [1.54, 1.807) is 6.20 Å². The number of hydrogen-bond donors (Lipinski definition) is 3. The van der Waals surface area contributed by atoms with Crippen LogP contribution < -0.4 is 20.4 Å². The molecule has 3 saturated heterocycles. The molecule has 4 aliphatic rings. The van der Waals surface area contributed by atoms with Crippen molar-refractivity contribution in [3.05, 3.63) is 47.7 Å². The molecule has 2 aromatic carbocycles. The molecule has 3 N–H and O–H groups in total. The van der Waals surface area contributed by atoms with E-state index in [0.29, 0.717) is 75.0 Å². The van der Waals surface area contributed by atoms with E-state index >= 15 is 4.39 Å². The van der Waals surface area contributed by atoms with Gasteiger partial charge in [0.15, 0.2) is 5.82 Å². The number of likely N-dealkylation sites (N-methyl/N-ethyl adjacent to an activating group) is 1. The van der Waals surface area contributed by atoms with Crippen LogP contribution in [0.1, 0.15) is 24.8 Å². The number of anilines is 2. The lowest BCUT2D eigenvalue weighted by molar-refractivity contribution is -0.122. The average molecular weight is 655 g/mol. The second-order valence-corrected chi connectivity index (χ2v) is 13.4. The summed E-state index contributed by atoms with van der Waals surface area (Å²) in [7, 11) is 2.02. The third-order valence-electron chi connectivity index (χ3n) is 10.3. The Hall–Kier alpha value is -4.64. The molecule has 3 atom stereocenters. The van der Waals surface area contributed by atoms with Crippen LogP contribution in [0.15, 0.2) is 30.5 Å². The van der Waals surface area contributed by atoms with E-state index in [1.165, 1.54) is 24.3 Å². The number of carbonyl (C=O) groups excluding carboxylic acids is 1. The van der Waals surface area contributed by atoms with Gasteiger partial charge >= 0.3 is 0 Å². The van der Waals surface area contributed by atoms with Gasteiger partial charge in [-0.1, -0.05) is 12.0 Å². The number of phenols is 1. The molecule has 4 aliphatic heterocycles. The molecule has 3 unspecified atom stereocenters. The molecule has 0 saturated carbocycles. The van der Waals surface area contributed by atoms with E-state index in [1.807, 2.05) is 11.9 Å². The van der Waals surface area contributed by atoms with Crippen LogP contribution in [0.5, 0.6) is 5.75 Å². The summed E-state index contributed by atoms with van der Waals surface area (Å²) in [6.07, 6.45) is 9.41. The van der Waals surface area contributed by atoms with Gasteiger partial charge in [-0.2, -0.15) is 4.98 Å². The Morgan fingerprint density at radius 3 is 2.90 bits per heavy atom. The fourth-order valence-electron chi connectivity index (χ4n) is 7.76. The number of carbonyl (C=O) groups is 1. The predicted molar refractivity (Wildman–Crippen MR) is 178 cm³/mol. The van der Waals surface area contributed by atoms with E-state index in [2.05, 4.69) is 31.3 Å². The number of rotatable bonds is 1. The van der Waals surface area contributed by atoms with Crippen molar-refractivity contribution in [3.8, 4) is 29.4 Å². The second-order valence-electron chi connectivity index (χ2n) is 13.4. The summed E-state index contributed by atoms with van der Waals surface area (Å²) in [5, 5.41) is 18.6. The lowest BCUT2D eigenvalue weighted by Gasteiger charge is -2.43. The van der Waals surface area contributed by atoms with Crippen molar-refractivity contribution in [2.45, 2.75) is 36.9 Å². The minimum atomic E-state index is -0.722. The molecule has 11 nitrogen and oxygen atoms in total. The van der Waals surface area contributed by atoms with E-state index in [-0.39, 0.29) is 63.4 Å². The average Bonchev–Trinajstić information content (AvgIpc) is 3.38. The summed E-state index contributed by atoms with van der Waals surface area (Å²) in [6, 6.07) is 5.69. The lowest BCUT2D eigenvalue weighted by atomic mass is 9.95. The number of amides is 1. The predicted octanol–water partition coefficient (Wildman–Crippen LogP) is 2.78. The molecule has 0 radical (unpaired) electrons. The fraction of sp³-hybridized carbons (Fsp3) is 0.429. The van der Waals surface area contributed by atoms with Crippen LogP contribution in [0.2, 0.25) is 0 Å². The molecule has 13 heteroatoms. The Labute approximate surface area is 276 Å². The van der Waals surface area contributed by atoms with Crippen molar-refractivity contribution >= 4 is 39.3 Å². The third kappa shape index (κ3) is 5.24. The van der Waals surface area contributed by atoms with Crippen LogP contribution in [0.3, 0.4) is 0 Å². The van der Waals surface area contributed by atoms with Gasteiger partial charge in [0.1, 0.15) is 28.6 Å². The molecule has 0 aliphatic carbocycles. The molecule has 48 heavy (non-hydrogen) atoms. The zero-order valence-electron chi connectivity index (χ0n) is 26.6. The van der Waals surface area contributed by atoms with Crippen LogP contribution >= 0.6 is 0 Å². The first-order valence-corrected chi connectivity index (χ1v) is 16.3. The highest BCUT2D eigenvalue weighted by atomic mass is 19.1. The van der Waals surface area contributed by atoms with Crippen molar-refractivity contribution in [2.75, 3.05) is 69.3 Å². The van der Waals surface area contributed by atoms with Crippen molar-refractivity contribution in [1.82, 2.24) is 30.5 Å². The SMILES string of the molecule is C#Cc1c(F)ccc2cc(O)cc(-c3ncc4c5nc(nc4c3F)N3CCN(C)C(CNC(=O)CCOCC46CCC(CN5C4)N6)C3)c12. The molecule has 3 fully saturated rings. The summed E-state index contributed by atoms with van der Waals surface area (Å²) >= 11 is 0. The van der Waals surface area contributed by atoms with Crippen LogP contribution in [0.4, 0.5) is 20.5 Å². The van der Waals surface area contributed by atoms with Crippen LogP contribution in [0.25, 0.3) is 32.9 Å². The number of pyridine rings is 1. The Morgan fingerprint density at radius 2 is 2.04 bits per heavy atom. The number of terminal acetylenes is 1. The highest BCUT2D eigenvalue weighted by Gasteiger charge is 2.46. The standard InChI is InChI=1S/C35H36F2N8O3/c1-3-24-27(36)5-4-20-12-23(46)13-25(29(20)24)31-30(37)32-26(15-39-31)33-41-34(40-32)44-10-9-43(2)22(17-44)14-38-28(47)7-11-48-19-35-8-6-21(42-35)16-45(33)18-35/h1,4-5,12-13,15,21-22,42,46H,6-11,14,16-19H2,2H3,(H,38,47). The first kappa shape index (κ1) is 30.7. The Bertz CT molecular complexity index is 2000. The summed E-state index contributed by atoms with van der Waals surface area (Å²) < 4.78 is 38.0. The zero-order chi connectivity index (χ0) is 33.2. The lowest BCUT2D eigenvalue weighted by Crippen LogP contribution is -2.62. The maximum atomic E-state index is 17.1. The molecule has 2 aromatic heterocycles. The maximum Gasteiger partial charge on any atom is 0.228 e. The normalized spacial score (nSPS) is 24.9.